The number of ketones is 1. The summed E-state index contributed by atoms with van der Waals surface area (Å²) in [6, 6.07) is 13.0. The summed E-state index contributed by atoms with van der Waals surface area (Å²) < 4.78 is 5.41. The minimum Gasteiger partial charge on any atom is -0.507 e. The zero-order chi connectivity index (χ0) is 18.7. The van der Waals surface area contributed by atoms with Gasteiger partial charge < -0.3 is 9.84 Å². The van der Waals surface area contributed by atoms with Crippen LogP contribution in [0.25, 0.3) is 0 Å². The van der Waals surface area contributed by atoms with Gasteiger partial charge in [0.15, 0.2) is 5.78 Å². The van der Waals surface area contributed by atoms with E-state index in [2.05, 4.69) is 25.7 Å². The van der Waals surface area contributed by atoms with Gasteiger partial charge in [-0.15, -0.1) is 12.4 Å². The third-order valence-electron chi connectivity index (χ3n) is 4.79. The van der Waals surface area contributed by atoms with Gasteiger partial charge in [-0.05, 0) is 17.5 Å². The normalized spacial score (nSPS) is 15.2. The number of benzene rings is 2. The number of carbonyl (C=O) groups excluding carboxylic acids is 1. The maximum Gasteiger partial charge on any atom is 0.193 e. The number of ether oxygens (including phenoxy) is 1. The van der Waals surface area contributed by atoms with Gasteiger partial charge in [-0.2, -0.15) is 0 Å². The van der Waals surface area contributed by atoms with Crippen LogP contribution in [0.5, 0.6) is 5.75 Å². The number of carbonyl (C=O) groups is 1. The molecule has 0 aliphatic carbocycles. The first-order valence-electron chi connectivity index (χ1n) is 9.12. The fourth-order valence-electron chi connectivity index (χ4n) is 3.27. The summed E-state index contributed by atoms with van der Waals surface area (Å²) in [4.78, 5) is 15.2. The Morgan fingerprint density at radius 3 is 2.30 bits per heavy atom. The lowest BCUT2D eigenvalue weighted by atomic mass is 9.83. The Kier molecular flexibility index (Phi) is 7.04. The molecule has 0 atom stereocenters. The number of morpholine rings is 1. The molecular formula is C22H28ClNO3. The highest BCUT2D eigenvalue weighted by atomic mass is 35.5. The molecule has 1 heterocycles. The van der Waals surface area contributed by atoms with Gasteiger partial charge in [0.1, 0.15) is 5.75 Å². The van der Waals surface area contributed by atoms with E-state index >= 15 is 0 Å². The number of aromatic hydroxyl groups is 1. The summed E-state index contributed by atoms with van der Waals surface area (Å²) in [5.74, 6) is 0.285. The quantitative estimate of drug-likeness (QED) is 0.797. The molecular weight excluding hydrogens is 362 g/mol. The van der Waals surface area contributed by atoms with Crippen molar-refractivity contribution in [1.29, 1.82) is 0 Å². The number of phenolic OH excluding ortho intramolecular Hbond substituents is 1. The average molecular weight is 390 g/mol. The van der Waals surface area contributed by atoms with Crippen molar-refractivity contribution >= 4 is 18.2 Å². The van der Waals surface area contributed by atoms with Crippen LogP contribution >= 0.6 is 12.4 Å². The second kappa shape index (κ2) is 8.87. The van der Waals surface area contributed by atoms with E-state index in [-0.39, 0.29) is 23.6 Å². The van der Waals surface area contributed by atoms with Crippen LogP contribution in [0.4, 0.5) is 0 Å². The summed E-state index contributed by atoms with van der Waals surface area (Å²) >= 11 is 0. The highest BCUT2D eigenvalue weighted by molar-refractivity contribution is 6.09. The van der Waals surface area contributed by atoms with Crippen molar-refractivity contribution in [2.75, 3.05) is 26.3 Å². The zero-order valence-corrected chi connectivity index (χ0v) is 17.0. The van der Waals surface area contributed by atoms with E-state index in [0.717, 1.165) is 24.2 Å². The Balaban J connectivity index is 0.00000261. The van der Waals surface area contributed by atoms with Gasteiger partial charge >= 0.3 is 0 Å². The van der Waals surface area contributed by atoms with Crippen LogP contribution in [0.1, 0.15) is 47.8 Å². The third-order valence-corrected chi connectivity index (χ3v) is 4.79. The molecule has 3 rings (SSSR count). The Morgan fingerprint density at radius 2 is 1.70 bits per heavy atom. The monoisotopic (exact) mass is 389 g/mol. The van der Waals surface area contributed by atoms with Crippen LogP contribution in [0.15, 0.2) is 42.5 Å². The van der Waals surface area contributed by atoms with Gasteiger partial charge in [-0.25, -0.2) is 0 Å². The number of nitrogens with zero attached hydrogens (tertiary/aromatic N) is 1. The first-order chi connectivity index (χ1) is 12.4. The van der Waals surface area contributed by atoms with Crippen LogP contribution in [0.3, 0.4) is 0 Å². The number of hydrogen-bond acceptors (Lipinski definition) is 4. The maximum atomic E-state index is 13.0. The van der Waals surface area contributed by atoms with Crippen molar-refractivity contribution in [2.45, 2.75) is 32.7 Å². The first kappa shape index (κ1) is 21.4. The molecule has 1 saturated heterocycles. The molecule has 0 saturated carbocycles. The SMILES string of the molecule is CC(C)(C)c1cc(C(=O)c2ccccc2)cc(CN2CCOCC2)c1O.Cl. The summed E-state index contributed by atoms with van der Waals surface area (Å²) in [6.07, 6.45) is 0. The fraction of sp³-hybridized carbons (Fsp3) is 0.409. The fourth-order valence-corrected chi connectivity index (χ4v) is 3.27. The van der Waals surface area contributed by atoms with Gasteiger partial charge in [0.2, 0.25) is 0 Å². The molecule has 0 radical (unpaired) electrons. The molecule has 4 nitrogen and oxygen atoms in total. The van der Waals surface area contributed by atoms with Crippen molar-refractivity contribution in [2.24, 2.45) is 0 Å². The summed E-state index contributed by atoms with van der Waals surface area (Å²) in [6.45, 7) is 9.85. The van der Waals surface area contributed by atoms with Gasteiger partial charge in [0.25, 0.3) is 0 Å². The van der Waals surface area contributed by atoms with E-state index in [9.17, 15) is 9.90 Å². The average Bonchev–Trinajstić information content (AvgIpc) is 2.63. The summed E-state index contributed by atoms with van der Waals surface area (Å²) in [5.41, 5.74) is 2.65. The molecule has 0 spiro atoms. The van der Waals surface area contributed by atoms with Crippen molar-refractivity contribution in [3.8, 4) is 5.75 Å². The van der Waals surface area contributed by atoms with Crippen molar-refractivity contribution < 1.29 is 14.6 Å². The molecule has 0 bridgehead atoms. The summed E-state index contributed by atoms with van der Waals surface area (Å²) in [7, 11) is 0. The largest absolute Gasteiger partial charge is 0.507 e. The molecule has 0 unspecified atom stereocenters. The molecule has 1 aliphatic heterocycles. The highest BCUT2D eigenvalue weighted by Gasteiger charge is 2.24. The molecule has 1 N–H and O–H groups in total. The topological polar surface area (TPSA) is 49.8 Å². The summed E-state index contributed by atoms with van der Waals surface area (Å²) in [5, 5.41) is 10.9. The van der Waals surface area contributed by atoms with Gasteiger partial charge in [0, 0.05) is 41.9 Å². The predicted octanol–water partition coefficient (Wildman–Crippen LogP) is 4.17. The molecule has 2 aromatic carbocycles. The maximum absolute atomic E-state index is 13.0. The Morgan fingerprint density at radius 1 is 1.07 bits per heavy atom. The minimum absolute atomic E-state index is 0. The second-order valence-corrected chi connectivity index (χ2v) is 7.87. The van der Waals surface area contributed by atoms with Crippen LogP contribution in [-0.4, -0.2) is 42.1 Å². The van der Waals surface area contributed by atoms with Gasteiger partial charge in [-0.1, -0.05) is 51.1 Å². The molecule has 146 valence electrons. The van der Waals surface area contributed by atoms with E-state index in [1.165, 1.54) is 0 Å². The lowest BCUT2D eigenvalue weighted by Crippen LogP contribution is -2.35. The Hall–Kier alpha value is -1.88. The standard InChI is InChI=1S/C22H27NO3.ClH/c1-22(2,3)19-14-17(20(24)16-7-5-4-6-8-16)13-18(21(19)25)15-23-9-11-26-12-10-23;/h4-8,13-14,25H,9-12,15H2,1-3H3;1H. The van der Waals surface area contributed by atoms with Gasteiger partial charge in [0.05, 0.1) is 13.2 Å². The molecule has 2 aromatic rings. The van der Waals surface area contributed by atoms with Crippen LogP contribution in [0.2, 0.25) is 0 Å². The van der Waals surface area contributed by atoms with E-state index in [1.54, 1.807) is 0 Å². The van der Waals surface area contributed by atoms with Crippen LogP contribution in [-0.2, 0) is 16.7 Å². The zero-order valence-electron chi connectivity index (χ0n) is 16.2. The molecule has 1 fully saturated rings. The minimum atomic E-state index is -0.253. The van der Waals surface area contributed by atoms with Crippen molar-refractivity contribution in [1.82, 2.24) is 4.90 Å². The first-order valence-corrected chi connectivity index (χ1v) is 9.12. The molecule has 0 amide bonds. The van der Waals surface area contributed by atoms with Crippen molar-refractivity contribution in [3.05, 3.63) is 64.7 Å². The molecule has 0 aromatic heterocycles. The molecule has 5 heteroatoms. The second-order valence-electron chi connectivity index (χ2n) is 7.87. The lowest BCUT2D eigenvalue weighted by Gasteiger charge is -2.29. The predicted molar refractivity (Wildman–Crippen MR) is 110 cm³/mol. The third kappa shape index (κ3) is 5.10. The van der Waals surface area contributed by atoms with E-state index in [1.807, 2.05) is 42.5 Å². The van der Waals surface area contributed by atoms with Crippen LogP contribution in [0, 0.1) is 0 Å². The van der Waals surface area contributed by atoms with Gasteiger partial charge in [-0.3, -0.25) is 9.69 Å². The highest BCUT2D eigenvalue weighted by Crippen LogP contribution is 2.35. The smallest absolute Gasteiger partial charge is 0.193 e. The van der Waals surface area contributed by atoms with E-state index < -0.39 is 0 Å². The van der Waals surface area contributed by atoms with E-state index in [4.69, 9.17) is 4.74 Å². The Labute approximate surface area is 167 Å². The lowest BCUT2D eigenvalue weighted by molar-refractivity contribution is 0.0338. The molecule has 27 heavy (non-hydrogen) atoms. The number of hydrogen-bond donors (Lipinski definition) is 1. The van der Waals surface area contributed by atoms with E-state index in [0.29, 0.717) is 36.6 Å². The number of rotatable bonds is 4. The Bertz CT molecular complexity index is 778. The van der Waals surface area contributed by atoms with Crippen molar-refractivity contribution in [3.63, 3.8) is 0 Å². The number of halogens is 1. The van der Waals surface area contributed by atoms with Crippen LogP contribution < -0.4 is 0 Å². The number of phenols is 1. The molecule has 1 aliphatic rings.